The average Bonchev–Trinajstić information content (AvgIpc) is 2.18. The van der Waals surface area contributed by atoms with Crippen LogP contribution in [0.4, 0.5) is 27.8 Å². The first kappa shape index (κ1) is 14.1. The van der Waals surface area contributed by atoms with Crippen LogP contribution in [0.2, 0.25) is 0 Å². The van der Waals surface area contributed by atoms with Crippen molar-refractivity contribution in [3.8, 4) is 5.75 Å². The Kier molecular flexibility index (Phi) is 3.67. The van der Waals surface area contributed by atoms with Crippen molar-refractivity contribution in [2.75, 3.05) is 0 Å². The van der Waals surface area contributed by atoms with Crippen molar-refractivity contribution >= 4 is 5.82 Å². The van der Waals surface area contributed by atoms with Gasteiger partial charge in [-0.3, -0.25) is 0 Å². The summed E-state index contributed by atoms with van der Waals surface area (Å²) in [4.78, 5) is 12.0. The summed E-state index contributed by atoms with van der Waals surface area (Å²) in [5.41, 5.74) is -1.45. The number of nitro groups is 1. The van der Waals surface area contributed by atoms with Crippen molar-refractivity contribution in [3.05, 3.63) is 27.4 Å². The van der Waals surface area contributed by atoms with Gasteiger partial charge in [0.05, 0.1) is 0 Å². The molecule has 0 aromatic carbocycles. The first-order valence-electron chi connectivity index (χ1n) is 4.31. The van der Waals surface area contributed by atoms with Gasteiger partial charge in [0.15, 0.2) is 0 Å². The number of aryl methyl sites for hydroxylation is 1. The maximum atomic E-state index is 12.3. The maximum absolute atomic E-state index is 12.3. The second-order valence-electron chi connectivity index (χ2n) is 3.12. The average molecular weight is 272 g/mol. The molecule has 0 aliphatic heterocycles. The molecule has 0 bridgehead atoms. The zero-order chi connectivity index (χ0) is 14.1. The standard InChI is InChI=1S/C8H5F5N2O3/c1-3-2-4(6(9)10)14-7(15(16)17)5(3)18-8(11,12)13/h2,6H,1H3. The van der Waals surface area contributed by atoms with Gasteiger partial charge in [0, 0.05) is 5.56 Å². The number of ether oxygens (including phenoxy) is 1. The van der Waals surface area contributed by atoms with Gasteiger partial charge in [-0.15, -0.1) is 13.2 Å². The molecular formula is C8H5F5N2O3. The molecule has 0 saturated carbocycles. The number of halogens is 5. The number of rotatable bonds is 3. The lowest BCUT2D eigenvalue weighted by molar-refractivity contribution is -0.393. The van der Waals surface area contributed by atoms with Crippen LogP contribution in [-0.2, 0) is 0 Å². The summed E-state index contributed by atoms with van der Waals surface area (Å²) < 4.78 is 64.0. The molecule has 18 heavy (non-hydrogen) atoms. The van der Waals surface area contributed by atoms with Gasteiger partial charge in [-0.1, -0.05) is 0 Å². The second-order valence-corrected chi connectivity index (χ2v) is 3.12. The third-order valence-corrected chi connectivity index (χ3v) is 1.77. The van der Waals surface area contributed by atoms with E-state index in [1.54, 1.807) is 0 Å². The third kappa shape index (κ3) is 3.25. The lowest BCUT2D eigenvalue weighted by atomic mass is 10.2. The highest BCUT2D eigenvalue weighted by atomic mass is 19.4. The van der Waals surface area contributed by atoms with Crippen molar-refractivity contribution in [3.63, 3.8) is 0 Å². The molecule has 0 aliphatic carbocycles. The fourth-order valence-corrected chi connectivity index (χ4v) is 1.15. The highest BCUT2D eigenvalue weighted by Gasteiger charge is 2.37. The van der Waals surface area contributed by atoms with Crippen molar-refractivity contribution < 1.29 is 31.6 Å². The predicted molar refractivity (Wildman–Crippen MR) is 47.3 cm³/mol. The first-order valence-corrected chi connectivity index (χ1v) is 4.31. The molecule has 1 aromatic heterocycles. The molecule has 0 fully saturated rings. The number of alkyl halides is 5. The molecule has 100 valence electrons. The highest BCUT2D eigenvalue weighted by molar-refractivity contribution is 5.47. The quantitative estimate of drug-likeness (QED) is 0.481. The smallest absolute Gasteiger partial charge is 0.396 e. The summed E-state index contributed by atoms with van der Waals surface area (Å²) in [5.74, 6) is -2.60. The number of hydrogen-bond acceptors (Lipinski definition) is 4. The normalized spacial score (nSPS) is 11.7. The van der Waals surface area contributed by atoms with Crippen LogP contribution in [0.3, 0.4) is 0 Å². The van der Waals surface area contributed by atoms with Crippen LogP contribution >= 0.6 is 0 Å². The van der Waals surface area contributed by atoms with E-state index in [1.165, 1.54) is 0 Å². The molecule has 0 radical (unpaired) electrons. The Morgan fingerprint density at radius 1 is 1.44 bits per heavy atom. The second kappa shape index (κ2) is 4.70. The van der Waals surface area contributed by atoms with Crippen LogP contribution in [0.5, 0.6) is 5.75 Å². The lowest BCUT2D eigenvalue weighted by Crippen LogP contribution is -2.19. The van der Waals surface area contributed by atoms with Gasteiger partial charge in [-0.25, -0.2) is 8.78 Å². The van der Waals surface area contributed by atoms with Crippen LogP contribution in [0.1, 0.15) is 17.7 Å². The molecule has 0 spiro atoms. The molecule has 0 saturated heterocycles. The van der Waals surface area contributed by atoms with E-state index in [9.17, 15) is 32.1 Å². The van der Waals surface area contributed by atoms with Gasteiger partial charge in [0.1, 0.15) is 0 Å². The fraction of sp³-hybridized carbons (Fsp3) is 0.375. The predicted octanol–water partition coefficient (Wildman–Crippen LogP) is 3.13. The molecule has 5 nitrogen and oxygen atoms in total. The van der Waals surface area contributed by atoms with E-state index in [0.29, 0.717) is 6.07 Å². The van der Waals surface area contributed by atoms with Crippen molar-refractivity contribution in [2.24, 2.45) is 0 Å². The highest BCUT2D eigenvalue weighted by Crippen LogP contribution is 2.35. The van der Waals surface area contributed by atoms with Gasteiger partial charge in [0.25, 0.3) is 0 Å². The minimum Gasteiger partial charge on any atom is -0.396 e. The summed E-state index contributed by atoms with van der Waals surface area (Å²) in [6, 6.07) is 0.596. The Morgan fingerprint density at radius 3 is 2.39 bits per heavy atom. The topological polar surface area (TPSA) is 65.3 Å². The van der Waals surface area contributed by atoms with E-state index in [0.717, 1.165) is 6.92 Å². The Bertz CT molecular complexity index is 475. The summed E-state index contributed by atoms with van der Waals surface area (Å²) in [6.07, 6.45) is -8.31. The number of pyridine rings is 1. The van der Waals surface area contributed by atoms with Crippen LogP contribution in [0.25, 0.3) is 0 Å². The Morgan fingerprint density at radius 2 is 2.00 bits per heavy atom. The summed E-state index contributed by atoms with van der Waals surface area (Å²) in [7, 11) is 0. The third-order valence-electron chi connectivity index (χ3n) is 1.77. The van der Waals surface area contributed by atoms with Crippen molar-refractivity contribution in [1.29, 1.82) is 0 Å². The Balaban J connectivity index is 3.37. The van der Waals surface area contributed by atoms with Gasteiger partial charge in [-0.05, 0) is 22.9 Å². The summed E-state index contributed by atoms with van der Waals surface area (Å²) in [5, 5.41) is 10.5. The van der Waals surface area contributed by atoms with Crippen LogP contribution < -0.4 is 4.74 Å². The molecule has 1 heterocycles. The van der Waals surface area contributed by atoms with Gasteiger partial charge in [-0.2, -0.15) is 0 Å². The van der Waals surface area contributed by atoms with Gasteiger partial charge >= 0.3 is 18.6 Å². The lowest BCUT2D eigenvalue weighted by Gasteiger charge is -2.11. The zero-order valence-corrected chi connectivity index (χ0v) is 8.66. The molecule has 0 unspecified atom stereocenters. The van der Waals surface area contributed by atoms with Crippen LogP contribution in [0, 0.1) is 17.0 Å². The molecular weight excluding hydrogens is 267 g/mol. The molecule has 0 N–H and O–H groups in total. The van der Waals surface area contributed by atoms with Gasteiger partial charge in [0.2, 0.25) is 11.4 Å². The van der Waals surface area contributed by atoms with E-state index >= 15 is 0 Å². The molecule has 10 heteroatoms. The van der Waals surface area contributed by atoms with Gasteiger partial charge < -0.3 is 14.9 Å². The van der Waals surface area contributed by atoms with E-state index < -0.39 is 40.5 Å². The molecule has 0 aliphatic rings. The fourth-order valence-electron chi connectivity index (χ4n) is 1.15. The SMILES string of the molecule is Cc1cc(C(F)F)nc([N+](=O)[O-])c1OC(F)(F)F. The first-order chi connectivity index (χ1) is 8.11. The zero-order valence-electron chi connectivity index (χ0n) is 8.66. The van der Waals surface area contributed by atoms with Crippen molar-refractivity contribution in [2.45, 2.75) is 19.7 Å². The van der Waals surface area contributed by atoms with Crippen LogP contribution in [-0.4, -0.2) is 16.3 Å². The summed E-state index contributed by atoms with van der Waals surface area (Å²) >= 11 is 0. The van der Waals surface area contributed by atoms with Crippen LogP contribution in [0.15, 0.2) is 6.07 Å². The maximum Gasteiger partial charge on any atom is 0.573 e. The number of hydrogen-bond donors (Lipinski definition) is 0. The number of aromatic nitrogens is 1. The monoisotopic (exact) mass is 272 g/mol. The molecule has 0 amide bonds. The van der Waals surface area contributed by atoms with Crippen molar-refractivity contribution in [1.82, 2.24) is 4.98 Å². The van der Waals surface area contributed by atoms with E-state index in [4.69, 9.17) is 0 Å². The molecule has 0 atom stereocenters. The van der Waals surface area contributed by atoms with E-state index in [2.05, 4.69) is 9.72 Å². The molecule has 1 rings (SSSR count). The Labute approximate surface area is 96.3 Å². The van der Waals surface area contributed by atoms with E-state index in [1.807, 2.05) is 0 Å². The number of nitrogens with zero attached hydrogens (tertiary/aromatic N) is 2. The summed E-state index contributed by atoms with van der Waals surface area (Å²) in [6.45, 7) is 0.974. The largest absolute Gasteiger partial charge is 0.573 e. The van der Waals surface area contributed by atoms with E-state index in [-0.39, 0.29) is 0 Å². The minimum absolute atomic E-state index is 0.454. The molecule has 1 aromatic rings. The Hall–Kier alpha value is -2.00. The minimum atomic E-state index is -5.18.